The van der Waals surface area contributed by atoms with Gasteiger partial charge in [-0.1, -0.05) is 11.6 Å². The highest BCUT2D eigenvalue weighted by atomic mass is 35.5. The lowest BCUT2D eigenvalue weighted by Crippen LogP contribution is -2.41. The number of nitrogens with one attached hydrogen (secondary N) is 2. The van der Waals surface area contributed by atoms with E-state index in [1.54, 1.807) is 19.4 Å². The van der Waals surface area contributed by atoms with Crippen LogP contribution in [0.4, 0.5) is 10.2 Å². The third-order valence-electron chi connectivity index (χ3n) is 7.67. The van der Waals surface area contributed by atoms with Gasteiger partial charge in [0.1, 0.15) is 0 Å². The van der Waals surface area contributed by atoms with Gasteiger partial charge in [0.05, 0.1) is 22.9 Å². The molecule has 1 aliphatic heterocycles. The molecule has 0 amide bonds. The van der Waals surface area contributed by atoms with E-state index < -0.39 is 0 Å². The number of nitrogens with zero attached hydrogens (tertiary/aromatic N) is 2. The van der Waals surface area contributed by atoms with Gasteiger partial charge in [0.25, 0.3) is 0 Å². The van der Waals surface area contributed by atoms with Gasteiger partial charge in [0, 0.05) is 49.8 Å². The molecule has 1 saturated heterocycles. The van der Waals surface area contributed by atoms with Crippen molar-refractivity contribution in [1.82, 2.24) is 15.3 Å². The van der Waals surface area contributed by atoms with Crippen LogP contribution in [-0.4, -0.2) is 54.5 Å². The molecule has 1 aliphatic carbocycles. The highest BCUT2D eigenvalue weighted by Gasteiger charge is 2.29. The minimum atomic E-state index is -0.356. The molecule has 0 radical (unpaired) electrons. The molecule has 2 aromatic heterocycles. The van der Waals surface area contributed by atoms with Crippen LogP contribution >= 0.6 is 11.6 Å². The molecule has 8 heteroatoms. The third kappa shape index (κ3) is 8.09. The van der Waals surface area contributed by atoms with Crippen molar-refractivity contribution in [2.45, 2.75) is 83.4 Å². The predicted octanol–water partition coefficient (Wildman–Crippen LogP) is 6.28. The van der Waals surface area contributed by atoms with Crippen molar-refractivity contribution in [3.8, 4) is 11.3 Å². The van der Waals surface area contributed by atoms with Gasteiger partial charge in [-0.05, 0) is 95.8 Å². The number of hydrogen-bond donors (Lipinski definition) is 2. The molecule has 2 N–H and O–H groups in total. The summed E-state index contributed by atoms with van der Waals surface area (Å²) in [5.74, 6) is 0.924. The van der Waals surface area contributed by atoms with Gasteiger partial charge in [-0.25, -0.2) is 9.37 Å². The van der Waals surface area contributed by atoms with Crippen LogP contribution in [0.3, 0.4) is 0 Å². The number of rotatable bonds is 10. The Labute approximate surface area is 226 Å². The fourth-order valence-electron chi connectivity index (χ4n) is 5.81. The van der Waals surface area contributed by atoms with Gasteiger partial charge in [0.2, 0.25) is 0 Å². The second kappa shape index (κ2) is 12.8. The summed E-state index contributed by atoms with van der Waals surface area (Å²) in [7, 11) is 1.75. The largest absolute Gasteiger partial charge is 0.383 e. The summed E-state index contributed by atoms with van der Waals surface area (Å²) < 4.78 is 25.7. The standard InChI is InChI=1S/C29H42ClFN4O2/c1-19(18-36-4)34-22-7-5-20(6-8-22)13-23-14-24(25(30)17-32-23)27-10-9-26(31)28(35-27)33-16-21-11-12-37-29(2,3)15-21/h9-10,14,17,19-22,34H,5-8,11-13,15-16,18H2,1-4H3,(H,33,35)/t19-,20?,21?,22?/m0/s1. The Morgan fingerprint density at radius 3 is 2.70 bits per heavy atom. The summed E-state index contributed by atoms with van der Waals surface area (Å²) in [5.41, 5.74) is 2.32. The number of anilines is 1. The number of ether oxygens (including phenoxy) is 2. The topological polar surface area (TPSA) is 68.3 Å². The lowest BCUT2D eigenvalue weighted by molar-refractivity contribution is -0.0699. The van der Waals surface area contributed by atoms with Gasteiger partial charge in [0.15, 0.2) is 11.6 Å². The highest BCUT2D eigenvalue weighted by Crippen LogP contribution is 2.32. The molecule has 2 atom stereocenters. The second-order valence-corrected chi connectivity index (χ2v) is 11.9. The summed E-state index contributed by atoms with van der Waals surface area (Å²) in [6.07, 6.45) is 9.18. The van der Waals surface area contributed by atoms with Crippen LogP contribution in [0.15, 0.2) is 24.4 Å². The van der Waals surface area contributed by atoms with E-state index in [9.17, 15) is 4.39 Å². The van der Waals surface area contributed by atoms with E-state index in [-0.39, 0.29) is 17.2 Å². The van der Waals surface area contributed by atoms with Crippen LogP contribution in [0.1, 0.15) is 65.0 Å². The first-order chi connectivity index (χ1) is 17.7. The molecule has 4 rings (SSSR count). The van der Waals surface area contributed by atoms with Crippen LogP contribution < -0.4 is 10.6 Å². The van der Waals surface area contributed by atoms with E-state index in [1.165, 1.54) is 18.9 Å². The zero-order chi connectivity index (χ0) is 26.4. The van der Waals surface area contributed by atoms with Gasteiger partial charge in [-0.3, -0.25) is 4.98 Å². The molecule has 2 aliphatic rings. The maximum absolute atomic E-state index is 14.6. The molecule has 0 bridgehead atoms. The number of methoxy groups -OCH3 is 1. The Balaban J connectivity index is 1.38. The molecule has 3 heterocycles. The molecule has 1 saturated carbocycles. The average Bonchev–Trinajstić information content (AvgIpc) is 2.85. The lowest BCUT2D eigenvalue weighted by atomic mass is 9.83. The molecule has 2 fully saturated rings. The van der Waals surface area contributed by atoms with Crippen molar-refractivity contribution < 1.29 is 13.9 Å². The van der Waals surface area contributed by atoms with E-state index in [2.05, 4.69) is 41.4 Å². The third-order valence-corrected chi connectivity index (χ3v) is 7.97. The molecule has 2 aromatic rings. The molecule has 37 heavy (non-hydrogen) atoms. The van der Waals surface area contributed by atoms with Gasteiger partial charge in [-0.15, -0.1) is 0 Å². The quantitative estimate of drug-likeness (QED) is 0.375. The Hall–Kier alpha value is -1.80. The zero-order valence-electron chi connectivity index (χ0n) is 22.7. The SMILES string of the molecule is COC[C@H](C)NC1CCC(Cc2cc(-c3ccc(F)c(NCC4CCOC(C)(C)C4)n3)c(Cl)cn2)CC1. The number of halogens is 2. The van der Waals surface area contributed by atoms with Crippen molar-refractivity contribution in [2.24, 2.45) is 11.8 Å². The maximum Gasteiger partial charge on any atom is 0.165 e. The van der Waals surface area contributed by atoms with Crippen molar-refractivity contribution in [2.75, 3.05) is 32.2 Å². The Bertz CT molecular complexity index is 1030. The first-order valence-corrected chi connectivity index (χ1v) is 14.0. The summed E-state index contributed by atoms with van der Waals surface area (Å²) in [6.45, 7) is 8.51. The van der Waals surface area contributed by atoms with Gasteiger partial charge < -0.3 is 20.1 Å². The minimum absolute atomic E-state index is 0.141. The molecule has 0 spiro atoms. The summed E-state index contributed by atoms with van der Waals surface area (Å²) in [4.78, 5) is 9.22. The molecule has 0 aromatic carbocycles. The Kier molecular flexibility index (Phi) is 9.79. The fourth-order valence-corrected chi connectivity index (χ4v) is 6.01. The fraction of sp³-hybridized carbons (Fsp3) is 0.655. The van der Waals surface area contributed by atoms with Crippen LogP contribution in [0.25, 0.3) is 11.3 Å². The van der Waals surface area contributed by atoms with Crippen molar-refractivity contribution in [3.05, 3.63) is 40.9 Å². The van der Waals surface area contributed by atoms with Gasteiger partial charge in [-0.2, -0.15) is 0 Å². The van der Waals surface area contributed by atoms with Crippen molar-refractivity contribution in [3.63, 3.8) is 0 Å². The van der Waals surface area contributed by atoms with Crippen LogP contribution in [0, 0.1) is 17.7 Å². The molecule has 1 unspecified atom stereocenters. The summed E-state index contributed by atoms with van der Waals surface area (Å²) in [5, 5.41) is 7.45. The summed E-state index contributed by atoms with van der Waals surface area (Å²) >= 11 is 6.54. The molecule has 6 nitrogen and oxygen atoms in total. The minimum Gasteiger partial charge on any atom is -0.383 e. The second-order valence-electron chi connectivity index (χ2n) is 11.5. The van der Waals surface area contributed by atoms with E-state index >= 15 is 0 Å². The zero-order valence-corrected chi connectivity index (χ0v) is 23.4. The molecule has 204 valence electrons. The Morgan fingerprint density at radius 1 is 1.19 bits per heavy atom. The number of aromatic nitrogens is 2. The molecular formula is C29H42ClFN4O2. The van der Waals surface area contributed by atoms with Gasteiger partial charge >= 0.3 is 0 Å². The average molecular weight is 533 g/mol. The van der Waals surface area contributed by atoms with E-state index in [1.807, 2.05) is 6.07 Å². The normalized spacial score (nSPS) is 24.5. The monoisotopic (exact) mass is 532 g/mol. The van der Waals surface area contributed by atoms with Crippen LogP contribution in [0.2, 0.25) is 5.02 Å². The summed E-state index contributed by atoms with van der Waals surface area (Å²) in [6, 6.07) is 6.11. The number of hydrogen-bond acceptors (Lipinski definition) is 6. The Morgan fingerprint density at radius 2 is 1.97 bits per heavy atom. The first-order valence-electron chi connectivity index (χ1n) is 13.7. The smallest absolute Gasteiger partial charge is 0.165 e. The maximum atomic E-state index is 14.6. The number of pyridine rings is 2. The van der Waals surface area contributed by atoms with E-state index in [0.717, 1.165) is 56.6 Å². The van der Waals surface area contributed by atoms with Crippen molar-refractivity contribution in [1.29, 1.82) is 0 Å². The van der Waals surface area contributed by atoms with Crippen LogP contribution in [0.5, 0.6) is 0 Å². The highest BCUT2D eigenvalue weighted by molar-refractivity contribution is 6.33. The lowest BCUT2D eigenvalue weighted by Gasteiger charge is -2.35. The van der Waals surface area contributed by atoms with Crippen LogP contribution in [-0.2, 0) is 15.9 Å². The predicted molar refractivity (Wildman–Crippen MR) is 148 cm³/mol. The van der Waals surface area contributed by atoms with Crippen molar-refractivity contribution >= 4 is 17.4 Å². The first kappa shape index (κ1) is 28.2. The van der Waals surface area contributed by atoms with E-state index in [4.69, 9.17) is 21.1 Å². The van der Waals surface area contributed by atoms with E-state index in [0.29, 0.717) is 41.2 Å². The molecular weight excluding hydrogens is 491 g/mol.